The van der Waals surface area contributed by atoms with E-state index in [2.05, 4.69) is 51.3 Å². The Kier molecular flexibility index (Phi) is 4.29. The average molecular weight is 373 g/mol. The minimum atomic E-state index is -0.167. The van der Waals surface area contributed by atoms with Crippen LogP contribution in [0.5, 0.6) is 0 Å². The van der Waals surface area contributed by atoms with Crippen molar-refractivity contribution in [2.24, 2.45) is 34.5 Å². The van der Waals surface area contributed by atoms with Gasteiger partial charge in [0.15, 0.2) is 0 Å². The Morgan fingerprint density at radius 1 is 1.11 bits per heavy atom. The molecule has 7 atom stereocenters. The van der Waals surface area contributed by atoms with E-state index < -0.39 is 0 Å². The summed E-state index contributed by atoms with van der Waals surface area (Å²) < 4.78 is 0. The molecule has 4 heteroatoms. The van der Waals surface area contributed by atoms with Gasteiger partial charge in [-0.05, 0) is 88.5 Å². The molecule has 150 valence electrons. The first-order valence-electron chi connectivity index (χ1n) is 10.9. The predicted molar refractivity (Wildman–Crippen MR) is 107 cm³/mol. The number of rotatable bonds is 1. The van der Waals surface area contributed by atoms with E-state index in [4.69, 9.17) is 0 Å². The number of hydrogen-bond acceptors (Lipinski definition) is 2. The van der Waals surface area contributed by atoms with Crippen molar-refractivity contribution in [2.75, 3.05) is 0 Å². The van der Waals surface area contributed by atoms with E-state index in [0.29, 0.717) is 17.8 Å². The molecule has 4 rings (SSSR count). The van der Waals surface area contributed by atoms with Crippen molar-refractivity contribution in [3.05, 3.63) is 12.2 Å². The SMILES string of the molecule is CC(C)(C)NC(=O)C1CC[C@H]2[C@@H]3CC[C@H]4NC(=O)C=C[C@]4(C)[C@@H]3CC[C@]12C. The predicted octanol–water partition coefficient (Wildman–Crippen LogP) is 3.81. The lowest BCUT2D eigenvalue weighted by molar-refractivity contribution is -0.135. The van der Waals surface area contributed by atoms with Crippen LogP contribution in [0, 0.1) is 34.5 Å². The zero-order chi connectivity index (χ0) is 19.6. The van der Waals surface area contributed by atoms with Crippen molar-refractivity contribution in [3.63, 3.8) is 0 Å². The zero-order valence-corrected chi connectivity index (χ0v) is 17.6. The molecule has 0 aromatic heterocycles. The molecule has 27 heavy (non-hydrogen) atoms. The lowest BCUT2D eigenvalue weighted by Crippen LogP contribution is -2.59. The highest BCUT2D eigenvalue weighted by Crippen LogP contribution is 2.65. The molecule has 0 radical (unpaired) electrons. The molecular weight excluding hydrogens is 336 g/mol. The van der Waals surface area contributed by atoms with Crippen LogP contribution in [-0.2, 0) is 9.59 Å². The van der Waals surface area contributed by atoms with Gasteiger partial charge in [0.05, 0.1) is 0 Å². The van der Waals surface area contributed by atoms with Crippen molar-refractivity contribution in [1.29, 1.82) is 0 Å². The summed E-state index contributed by atoms with van der Waals surface area (Å²) in [5, 5.41) is 6.48. The molecule has 2 amide bonds. The van der Waals surface area contributed by atoms with Gasteiger partial charge in [0.25, 0.3) is 0 Å². The summed E-state index contributed by atoms with van der Waals surface area (Å²) in [6.45, 7) is 11.0. The number of nitrogens with one attached hydrogen (secondary N) is 2. The maximum Gasteiger partial charge on any atom is 0.243 e. The molecule has 2 N–H and O–H groups in total. The van der Waals surface area contributed by atoms with Crippen molar-refractivity contribution in [2.45, 2.75) is 84.7 Å². The highest BCUT2D eigenvalue weighted by Gasteiger charge is 2.60. The minimum Gasteiger partial charge on any atom is -0.351 e. The summed E-state index contributed by atoms with van der Waals surface area (Å²) in [7, 11) is 0. The van der Waals surface area contributed by atoms with Gasteiger partial charge in [0.1, 0.15) is 0 Å². The average Bonchev–Trinajstić information content (AvgIpc) is 2.91. The quantitative estimate of drug-likeness (QED) is 0.735. The molecule has 1 heterocycles. The second kappa shape index (κ2) is 6.09. The number of carbonyl (C=O) groups excluding carboxylic acids is 2. The van der Waals surface area contributed by atoms with Crippen molar-refractivity contribution in [3.8, 4) is 0 Å². The molecule has 0 spiro atoms. The van der Waals surface area contributed by atoms with Crippen molar-refractivity contribution < 1.29 is 9.59 Å². The Morgan fingerprint density at radius 3 is 2.56 bits per heavy atom. The highest BCUT2D eigenvalue weighted by molar-refractivity contribution is 5.89. The van der Waals surface area contributed by atoms with Gasteiger partial charge in [0, 0.05) is 22.9 Å². The molecule has 0 aromatic carbocycles. The Balaban J connectivity index is 1.58. The Morgan fingerprint density at radius 2 is 1.85 bits per heavy atom. The maximum atomic E-state index is 13.0. The molecule has 3 fully saturated rings. The van der Waals surface area contributed by atoms with Crippen molar-refractivity contribution in [1.82, 2.24) is 10.6 Å². The van der Waals surface area contributed by atoms with Gasteiger partial charge in [-0.15, -0.1) is 0 Å². The molecule has 3 saturated carbocycles. The minimum absolute atomic E-state index is 0.0661. The van der Waals surface area contributed by atoms with Crippen LogP contribution in [0.1, 0.15) is 73.1 Å². The van der Waals surface area contributed by atoms with E-state index in [1.807, 2.05) is 0 Å². The second-order valence-electron chi connectivity index (χ2n) is 11.1. The third-order valence-electron chi connectivity index (χ3n) is 8.50. The standard InChI is InChI=1S/C23H36N2O2/c1-21(2,3)25-20(27)17-8-7-15-14-6-9-18-23(5,13-11-19(26)24-18)16(14)10-12-22(15,17)4/h11,13-18H,6-10,12H2,1-5H3,(H,24,26)(H,25,27)/t14-,15-,16+,17?,18+,22-,23+/m0/s1. The largest absolute Gasteiger partial charge is 0.351 e. The zero-order valence-electron chi connectivity index (χ0n) is 17.6. The van der Waals surface area contributed by atoms with Gasteiger partial charge >= 0.3 is 0 Å². The first kappa shape index (κ1) is 19.0. The number of amides is 2. The van der Waals surface area contributed by atoms with Crippen LogP contribution in [0.25, 0.3) is 0 Å². The Labute approximate surface area is 163 Å². The Hall–Kier alpha value is -1.32. The Bertz CT molecular complexity index is 678. The second-order valence-corrected chi connectivity index (χ2v) is 11.1. The van der Waals surface area contributed by atoms with Crippen LogP contribution < -0.4 is 10.6 Å². The summed E-state index contributed by atoms with van der Waals surface area (Å²) >= 11 is 0. The lowest BCUT2D eigenvalue weighted by atomic mass is 9.48. The fourth-order valence-corrected chi connectivity index (χ4v) is 7.22. The van der Waals surface area contributed by atoms with Gasteiger partial charge in [-0.25, -0.2) is 0 Å². The van der Waals surface area contributed by atoms with Gasteiger partial charge in [-0.3, -0.25) is 9.59 Å². The lowest BCUT2D eigenvalue weighted by Gasteiger charge is -2.58. The third-order valence-corrected chi connectivity index (χ3v) is 8.50. The summed E-state index contributed by atoms with van der Waals surface area (Å²) in [5.74, 6) is 2.41. The van der Waals surface area contributed by atoms with Gasteiger partial charge in [-0.2, -0.15) is 0 Å². The maximum absolute atomic E-state index is 13.0. The molecular formula is C23H36N2O2. The fourth-order valence-electron chi connectivity index (χ4n) is 7.22. The summed E-state index contributed by atoms with van der Waals surface area (Å²) in [5.41, 5.74) is 0.0323. The molecule has 1 aliphatic heterocycles. The summed E-state index contributed by atoms with van der Waals surface area (Å²) in [6.07, 6.45) is 10.7. The number of carbonyl (C=O) groups is 2. The third kappa shape index (κ3) is 2.94. The number of fused-ring (bicyclic) bond motifs is 5. The van der Waals surface area contributed by atoms with E-state index >= 15 is 0 Å². The molecule has 0 bridgehead atoms. The smallest absolute Gasteiger partial charge is 0.243 e. The van der Waals surface area contributed by atoms with E-state index in [0.717, 1.165) is 19.3 Å². The molecule has 3 aliphatic carbocycles. The first-order valence-corrected chi connectivity index (χ1v) is 10.9. The van der Waals surface area contributed by atoms with Crippen LogP contribution in [0.15, 0.2) is 12.2 Å². The molecule has 4 aliphatic rings. The van der Waals surface area contributed by atoms with Crippen LogP contribution in [0.2, 0.25) is 0 Å². The van der Waals surface area contributed by atoms with E-state index in [-0.39, 0.29) is 40.1 Å². The van der Waals surface area contributed by atoms with Crippen LogP contribution >= 0.6 is 0 Å². The summed E-state index contributed by atoms with van der Waals surface area (Å²) in [6, 6.07) is 0.280. The summed E-state index contributed by atoms with van der Waals surface area (Å²) in [4.78, 5) is 24.9. The number of hydrogen-bond donors (Lipinski definition) is 2. The van der Waals surface area contributed by atoms with Crippen LogP contribution in [0.3, 0.4) is 0 Å². The van der Waals surface area contributed by atoms with E-state index in [9.17, 15) is 9.59 Å². The van der Waals surface area contributed by atoms with Gasteiger partial charge in [0.2, 0.25) is 11.8 Å². The van der Waals surface area contributed by atoms with Gasteiger partial charge in [-0.1, -0.05) is 19.9 Å². The first-order chi connectivity index (χ1) is 12.5. The van der Waals surface area contributed by atoms with Gasteiger partial charge < -0.3 is 10.6 Å². The monoisotopic (exact) mass is 372 g/mol. The molecule has 0 aromatic rings. The molecule has 4 nitrogen and oxygen atoms in total. The van der Waals surface area contributed by atoms with E-state index in [1.54, 1.807) is 6.08 Å². The van der Waals surface area contributed by atoms with Crippen LogP contribution in [0.4, 0.5) is 0 Å². The fraction of sp³-hybridized carbons (Fsp3) is 0.826. The topological polar surface area (TPSA) is 58.2 Å². The van der Waals surface area contributed by atoms with Crippen molar-refractivity contribution >= 4 is 11.8 Å². The normalized spacial score (nSPS) is 46.1. The molecule has 0 saturated heterocycles. The van der Waals surface area contributed by atoms with E-state index in [1.165, 1.54) is 19.3 Å². The van der Waals surface area contributed by atoms with Crippen LogP contribution in [-0.4, -0.2) is 23.4 Å². The highest BCUT2D eigenvalue weighted by atomic mass is 16.2. The molecule has 1 unspecified atom stereocenters.